The summed E-state index contributed by atoms with van der Waals surface area (Å²) < 4.78 is 0. The summed E-state index contributed by atoms with van der Waals surface area (Å²) in [5.41, 5.74) is 3.53. The third-order valence-electron chi connectivity index (χ3n) is 5.41. The van der Waals surface area contributed by atoms with Crippen LogP contribution < -0.4 is 15.6 Å². The summed E-state index contributed by atoms with van der Waals surface area (Å²) in [5, 5.41) is 6.70. The fraction of sp³-hybridized carbons (Fsp3) is 0.182. The van der Waals surface area contributed by atoms with Gasteiger partial charge in [0, 0.05) is 12.3 Å². The molecule has 1 unspecified atom stereocenters. The molecule has 0 saturated heterocycles. The van der Waals surface area contributed by atoms with Gasteiger partial charge in [0.1, 0.15) is 11.9 Å². The Bertz CT molecular complexity index is 958. The van der Waals surface area contributed by atoms with Crippen molar-refractivity contribution in [3.8, 4) is 0 Å². The second-order valence-electron chi connectivity index (χ2n) is 7.15. The Morgan fingerprint density at radius 3 is 2.74 bits per heavy atom. The third-order valence-corrected chi connectivity index (χ3v) is 5.41. The number of aromatic amines is 1. The standard InChI is InChI=1S/C22H20N4O/c27-21(25-22(11-12-22)17-8-2-1-3-9-17)19-18-10-4-5-14-26(18)20(24-19)16-7-6-13-23-15-16/h1-10,13-15,20,24H,11-12H2,(H,25,27)/p+1. The molecular weight excluding hydrogens is 336 g/mol. The zero-order valence-corrected chi connectivity index (χ0v) is 14.9. The van der Waals surface area contributed by atoms with Gasteiger partial charge in [-0.05, 0) is 36.6 Å². The number of benzene rings is 1. The highest BCUT2D eigenvalue weighted by atomic mass is 16.2. The normalized spacial score (nSPS) is 21.6. The van der Waals surface area contributed by atoms with E-state index in [-0.39, 0.29) is 17.6 Å². The largest absolute Gasteiger partial charge is 0.355 e. The van der Waals surface area contributed by atoms with Gasteiger partial charge in [-0.2, -0.15) is 0 Å². The Morgan fingerprint density at radius 2 is 2.00 bits per heavy atom. The number of rotatable bonds is 4. The van der Waals surface area contributed by atoms with E-state index in [1.54, 1.807) is 0 Å². The van der Waals surface area contributed by atoms with Crippen LogP contribution in [0.3, 0.4) is 0 Å². The lowest BCUT2D eigenvalue weighted by Gasteiger charge is -2.24. The van der Waals surface area contributed by atoms with Crippen LogP contribution in [0.5, 0.6) is 0 Å². The van der Waals surface area contributed by atoms with Crippen molar-refractivity contribution in [2.75, 3.05) is 0 Å². The van der Waals surface area contributed by atoms with Crippen LogP contribution in [0, 0.1) is 0 Å². The van der Waals surface area contributed by atoms with Gasteiger partial charge in [-0.25, -0.2) is 4.98 Å². The van der Waals surface area contributed by atoms with Crippen molar-refractivity contribution in [1.82, 2.24) is 15.5 Å². The minimum atomic E-state index is -0.231. The highest BCUT2D eigenvalue weighted by Gasteiger charge is 2.47. The van der Waals surface area contributed by atoms with Crippen LogP contribution in [0.4, 0.5) is 0 Å². The van der Waals surface area contributed by atoms with Crippen molar-refractivity contribution in [2.24, 2.45) is 0 Å². The van der Waals surface area contributed by atoms with E-state index in [1.165, 1.54) is 5.56 Å². The number of hydrogen-bond acceptors (Lipinski definition) is 3. The zero-order chi connectivity index (χ0) is 18.3. The highest BCUT2D eigenvalue weighted by molar-refractivity contribution is 5.95. The van der Waals surface area contributed by atoms with Crippen molar-refractivity contribution in [3.63, 3.8) is 0 Å². The van der Waals surface area contributed by atoms with Crippen molar-refractivity contribution in [1.29, 1.82) is 0 Å². The Hall–Kier alpha value is -3.34. The fourth-order valence-electron chi connectivity index (χ4n) is 3.82. The van der Waals surface area contributed by atoms with Crippen molar-refractivity contribution >= 4 is 5.91 Å². The molecule has 2 aromatic rings. The number of carbonyl (C=O) groups is 1. The number of nitrogens with zero attached hydrogens (tertiary/aromatic N) is 1. The molecule has 1 aromatic carbocycles. The average molecular weight is 357 g/mol. The average Bonchev–Trinajstić information content (AvgIpc) is 3.41. The molecule has 0 radical (unpaired) electrons. The molecule has 2 aliphatic heterocycles. The lowest BCUT2D eigenvalue weighted by atomic mass is 10.0. The Kier molecular flexibility index (Phi) is 3.60. The molecule has 1 aromatic heterocycles. The zero-order valence-electron chi connectivity index (χ0n) is 14.9. The molecule has 1 amide bonds. The first-order valence-electron chi connectivity index (χ1n) is 9.25. The van der Waals surface area contributed by atoms with Gasteiger partial charge >= 0.3 is 0 Å². The van der Waals surface area contributed by atoms with E-state index >= 15 is 0 Å². The van der Waals surface area contributed by atoms with Crippen LogP contribution in [0.25, 0.3) is 0 Å². The van der Waals surface area contributed by atoms with E-state index in [4.69, 9.17) is 0 Å². The van der Waals surface area contributed by atoms with E-state index in [9.17, 15) is 4.79 Å². The number of amides is 1. The van der Waals surface area contributed by atoms with Gasteiger partial charge in [0.05, 0.1) is 16.8 Å². The monoisotopic (exact) mass is 357 g/mol. The molecule has 1 aliphatic carbocycles. The molecule has 3 N–H and O–H groups in total. The molecule has 5 rings (SSSR count). The number of fused-ring (bicyclic) bond motifs is 1. The molecule has 5 heteroatoms. The van der Waals surface area contributed by atoms with Gasteiger partial charge in [0.2, 0.25) is 0 Å². The van der Waals surface area contributed by atoms with Gasteiger partial charge in [0.25, 0.3) is 5.91 Å². The van der Waals surface area contributed by atoms with Crippen molar-refractivity contribution in [3.05, 3.63) is 102 Å². The first-order chi connectivity index (χ1) is 13.3. The van der Waals surface area contributed by atoms with Crippen LogP contribution in [0.2, 0.25) is 0 Å². The Balaban J connectivity index is 1.43. The second-order valence-corrected chi connectivity index (χ2v) is 7.15. The van der Waals surface area contributed by atoms with E-state index in [0.717, 1.165) is 24.1 Å². The molecule has 1 saturated carbocycles. The first kappa shape index (κ1) is 15.9. The van der Waals surface area contributed by atoms with E-state index in [1.807, 2.05) is 67.2 Å². The second kappa shape index (κ2) is 6.13. The van der Waals surface area contributed by atoms with E-state index in [0.29, 0.717) is 5.70 Å². The number of carbonyl (C=O) groups excluding carboxylic acids is 1. The van der Waals surface area contributed by atoms with E-state index < -0.39 is 0 Å². The third kappa shape index (κ3) is 2.72. The van der Waals surface area contributed by atoms with Crippen molar-refractivity contribution in [2.45, 2.75) is 24.5 Å². The maximum absolute atomic E-state index is 13.2. The smallest absolute Gasteiger partial charge is 0.270 e. The topological polar surface area (TPSA) is 58.5 Å². The first-order valence-corrected chi connectivity index (χ1v) is 9.25. The number of H-pyrrole nitrogens is 1. The Morgan fingerprint density at radius 1 is 1.15 bits per heavy atom. The number of hydrogen-bond donors (Lipinski definition) is 2. The summed E-state index contributed by atoms with van der Waals surface area (Å²) in [6.45, 7) is 0. The van der Waals surface area contributed by atoms with E-state index in [2.05, 4.69) is 32.7 Å². The molecule has 0 spiro atoms. The summed E-state index contributed by atoms with van der Waals surface area (Å²) >= 11 is 0. The summed E-state index contributed by atoms with van der Waals surface area (Å²) in [6, 6.07) is 14.2. The van der Waals surface area contributed by atoms with Crippen LogP contribution in [0.1, 0.15) is 30.1 Å². The molecule has 3 heterocycles. The van der Waals surface area contributed by atoms with Crippen LogP contribution in [-0.4, -0.2) is 10.8 Å². The van der Waals surface area contributed by atoms with Gasteiger partial charge in [-0.3, -0.25) is 4.79 Å². The molecule has 1 fully saturated rings. The lowest BCUT2D eigenvalue weighted by molar-refractivity contribution is -0.379. The maximum atomic E-state index is 13.2. The number of allylic oxidation sites excluding steroid dienone is 3. The SMILES string of the molecule is O=C(NC1(c2ccccc2)CC1)C1=C2C=CC=CN2C(c2ccc[nH+]c2)N1. The Labute approximate surface area is 158 Å². The minimum Gasteiger partial charge on any atom is -0.355 e. The fourth-order valence-corrected chi connectivity index (χ4v) is 3.82. The lowest BCUT2D eigenvalue weighted by Crippen LogP contribution is -2.39. The predicted molar refractivity (Wildman–Crippen MR) is 102 cm³/mol. The summed E-state index contributed by atoms with van der Waals surface area (Å²) in [5.74, 6) is -0.0567. The number of nitrogens with one attached hydrogen (secondary N) is 3. The molecule has 0 bridgehead atoms. The molecular formula is C22H21N4O+. The van der Waals surface area contributed by atoms with Gasteiger partial charge in [0.15, 0.2) is 12.4 Å². The number of aromatic nitrogens is 1. The maximum Gasteiger partial charge on any atom is 0.270 e. The molecule has 27 heavy (non-hydrogen) atoms. The highest BCUT2D eigenvalue weighted by Crippen LogP contribution is 2.46. The van der Waals surface area contributed by atoms with Gasteiger partial charge < -0.3 is 15.5 Å². The van der Waals surface area contributed by atoms with Crippen molar-refractivity contribution < 1.29 is 9.78 Å². The molecule has 1 atom stereocenters. The van der Waals surface area contributed by atoms with Gasteiger partial charge in [-0.1, -0.05) is 36.4 Å². The van der Waals surface area contributed by atoms with Crippen LogP contribution >= 0.6 is 0 Å². The van der Waals surface area contributed by atoms with Crippen LogP contribution in [-0.2, 0) is 10.3 Å². The summed E-state index contributed by atoms with van der Waals surface area (Å²) in [7, 11) is 0. The number of pyridine rings is 1. The molecule has 5 nitrogen and oxygen atoms in total. The molecule has 134 valence electrons. The van der Waals surface area contributed by atoms with Crippen LogP contribution in [0.15, 0.2) is 90.7 Å². The minimum absolute atomic E-state index is 0.0567. The quantitative estimate of drug-likeness (QED) is 0.884. The summed E-state index contributed by atoms with van der Waals surface area (Å²) in [6.07, 6.45) is 13.6. The molecule has 3 aliphatic rings. The predicted octanol–water partition coefficient (Wildman–Crippen LogP) is 2.51. The summed E-state index contributed by atoms with van der Waals surface area (Å²) in [4.78, 5) is 18.4. The van der Waals surface area contributed by atoms with Gasteiger partial charge in [-0.15, -0.1) is 0 Å².